The standard InChI is InChI=1S/C18H18N4O4S/c1-10-4-3-5-11(2)12(10)8-27-14-6-13(23)16(17-20-9-21-22(14)17)18(26)19-7-15(24)25/h3-6,9,23H,7-8H2,1-2H3,(H,19,26)(H,24,25). The maximum atomic E-state index is 12.2. The van der Waals surface area contributed by atoms with E-state index in [0.717, 1.165) is 0 Å². The molecule has 0 aliphatic rings. The number of hydrogen-bond donors (Lipinski definition) is 3. The second-order valence-corrected chi connectivity index (χ2v) is 6.97. The van der Waals surface area contributed by atoms with Gasteiger partial charge in [-0.15, -0.1) is 11.8 Å². The lowest BCUT2D eigenvalue weighted by Crippen LogP contribution is -2.29. The highest BCUT2D eigenvalue weighted by Gasteiger charge is 2.21. The zero-order valence-electron chi connectivity index (χ0n) is 14.8. The topological polar surface area (TPSA) is 117 Å². The van der Waals surface area contributed by atoms with Crippen LogP contribution in [0.4, 0.5) is 0 Å². The van der Waals surface area contributed by atoms with Gasteiger partial charge in [0.15, 0.2) is 5.65 Å². The molecule has 1 amide bonds. The van der Waals surface area contributed by atoms with Crippen LogP contribution in [0.5, 0.6) is 5.75 Å². The minimum absolute atomic E-state index is 0.106. The van der Waals surface area contributed by atoms with Crippen molar-refractivity contribution in [2.45, 2.75) is 24.6 Å². The molecule has 0 fully saturated rings. The van der Waals surface area contributed by atoms with Crippen LogP contribution >= 0.6 is 11.8 Å². The summed E-state index contributed by atoms with van der Waals surface area (Å²) >= 11 is 1.46. The molecule has 0 aliphatic carbocycles. The number of nitrogens with one attached hydrogen (secondary N) is 1. The van der Waals surface area contributed by atoms with Gasteiger partial charge in [-0.05, 0) is 30.5 Å². The number of fused-ring (bicyclic) bond motifs is 1. The van der Waals surface area contributed by atoms with E-state index in [0.29, 0.717) is 10.8 Å². The molecule has 3 rings (SSSR count). The Morgan fingerprint density at radius 3 is 2.63 bits per heavy atom. The lowest BCUT2D eigenvalue weighted by Gasteiger charge is -2.12. The average Bonchev–Trinajstić information content (AvgIpc) is 3.08. The van der Waals surface area contributed by atoms with Gasteiger partial charge in [-0.3, -0.25) is 9.59 Å². The van der Waals surface area contributed by atoms with Gasteiger partial charge in [0.1, 0.15) is 29.2 Å². The first-order chi connectivity index (χ1) is 12.9. The van der Waals surface area contributed by atoms with Crippen molar-refractivity contribution in [2.75, 3.05) is 6.54 Å². The number of aromatic nitrogens is 3. The summed E-state index contributed by atoms with van der Waals surface area (Å²) in [5.41, 5.74) is 3.60. The molecule has 3 aromatic rings. The number of carboxylic acid groups (broad SMARTS) is 1. The number of thioether (sulfide) groups is 1. The van der Waals surface area contributed by atoms with E-state index in [4.69, 9.17) is 5.11 Å². The molecule has 2 aromatic heterocycles. The van der Waals surface area contributed by atoms with Gasteiger partial charge in [0, 0.05) is 11.8 Å². The third-order valence-electron chi connectivity index (χ3n) is 4.13. The van der Waals surface area contributed by atoms with E-state index in [1.807, 2.05) is 32.0 Å². The molecule has 0 bridgehead atoms. The Balaban J connectivity index is 1.92. The smallest absolute Gasteiger partial charge is 0.322 e. The number of rotatable bonds is 6. The fourth-order valence-electron chi connectivity index (χ4n) is 2.73. The van der Waals surface area contributed by atoms with Crippen molar-refractivity contribution in [1.29, 1.82) is 0 Å². The van der Waals surface area contributed by atoms with Gasteiger partial charge in [-0.2, -0.15) is 5.10 Å². The van der Waals surface area contributed by atoms with Crippen molar-refractivity contribution in [1.82, 2.24) is 19.9 Å². The SMILES string of the molecule is Cc1cccc(C)c1CSc1cc(O)c(C(=O)NCC(=O)O)c2ncnn12. The minimum Gasteiger partial charge on any atom is -0.507 e. The average molecular weight is 386 g/mol. The van der Waals surface area contributed by atoms with Gasteiger partial charge in [0.05, 0.1) is 0 Å². The second-order valence-electron chi connectivity index (χ2n) is 5.97. The van der Waals surface area contributed by atoms with E-state index in [1.54, 1.807) is 0 Å². The molecule has 2 heterocycles. The number of aliphatic carboxylic acids is 1. The summed E-state index contributed by atoms with van der Waals surface area (Å²) in [7, 11) is 0. The maximum Gasteiger partial charge on any atom is 0.322 e. The van der Waals surface area contributed by atoms with Crippen molar-refractivity contribution in [3.05, 3.63) is 52.8 Å². The highest BCUT2D eigenvalue weighted by atomic mass is 32.2. The monoisotopic (exact) mass is 386 g/mol. The summed E-state index contributed by atoms with van der Waals surface area (Å²) in [5.74, 6) is -1.51. The van der Waals surface area contributed by atoms with Crippen LogP contribution in [0.15, 0.2) is 35.6 Å². The summed E-state index contributed by atoms with van der Waals surface area (Å²) < 4.78 is 1.47. The Bertz CT molecular complexity index is 1010. The predicted octanol–water partition coefficient (Wildman–Crippen LogP) is 2.16. The molecule has 140 valence electrons. The van der Waals surface area contributed by atoms with Gasteiger partial charge in [0.2, 0.25) is 0 Å². The summed E-state index contributed by atoms with van der Waals surface area (Å²) in [6.45, 7) is 3.53. The fourth-order valence-corrected chi connectivity index (χ4v) is 3.92. The van der Waals surface area contributed by atoms with Gasteiger partial charge in [-0.25, -0.2) is 9.50 Å². The molecule has 0 saturated carbocycles. The van der Waals surface area contributed by atoms with Crippen LogP contribution in [-0.4, -0.2) is 43.2 Å². The molecular weight excluding hydrogens is 368 g/mol. The summed E-state index contributed by atoms with van der Waals surface area (Å²) in [6.07, 6.45) is 1.28. The third kappa shape index (κ3) is 3.87. The van der Waals surface area contributed by atoms with E-state index in [-0.39, 0.29) is 17.0 Å². The minimum atomic E-state index is -1.18. The first-order valence-corrected chi connectivity index (χ1v) is 9.10. The number of carboxylic acids is 1. The normalized spacial score (nSPS) is 10.9. The van der Waals surface area contributed by atoms with E-state index < -0.39 is 18.4 Å². The van der Waals surface area contributed by atoms with Gasteiger partial charge >= 0.3 is 5.97 Å². The van der Waals surface area contributed by atoms with Crippen molar-refractivity contribution >= 4 is 29.3 Å². The molecule has 0 unspecified atom stereocenters. The molecule has 0 spiro atoms. The Morgan fingerprint density at radius 2 is 1.96 bits per heavy atom. The molecule has 0 radical (unpaired) electrons. The summed E-state index contributed by atoms with van der Waals surface area (Å²) in [4.78, 5) is 26.9. The largest absolute Gasteiger partial charge is 0.507 e. The quantitative estimate of drug-likeness (QED) is 0.556. The van der Waals surface area contributed by atoms with Gasteiger partial charge in [0.25, 0.3) is 5.91 Å². The Morgan fingerprint density at radius 1 is 1.26 bits per heavy atom. The molecule has 8 nitrogen and oxygen atoms in total. The van der Waals surface area contributed by atoms with Crippen molar-refractivity contribution < 1.29 is 19.8 Å². The Kier molecular flexibility index (Phi) is 5.31. The number of nitrogens with zero attached hydrogens (tertiary/aromatic N) is 3. The summed E-state index contributed by atoms with van der Waals surface area (Å²) in [6, 6.07) is 7.53. The van der Waals surface area contributed by atoms with Crippen LogP contribution in [-0.2, 0) is 10.5 Å². The summed E-state index contributed by atoms with van der Waals surface area (Å²) in [5, 5.41) is 26.0. The maximum absolute atomic E-state index is 12.2. The van der Waals surface area contributed by atoms with Crippen LogP contribution in [0, 0.1) is 13.8 Å². The molecule has 9 heteroatoms. The number of benzene rings is 1. The first kappa shape index (κ1) is 18.7. The van der Waals surface area contributed by atoms with Gasteiger partial charge in [-0.1, -0.05) is 18.2 Å². The van der Waals surface area contributed by atoms with Crippen LogP contribution in [0.25, 0.3) is 5.65 Å². The molecule has 1 aromatic carbocycles. The fraction of sp³-hybridized carbons (Fsp3) is 0.222. The van der Waals surface area contributed by atoms with Crippen LogP contribution < -0.4 is 5.32 Å². The van der Waals surface area contributed by atoms with Crippen LogP contribution in [0.2, 0.25) is 0 Å². The molecule has 0 atom stereocenters. The van der Waals surface area contributed by atoms with E-state index in [1.165, 1.54) is 45.4 Å². The van der Waals surface area contributed by atoms with Crippen LogP contribution in [0.1, 0.15) is 27.0 Å². The predicted molar refractivity (Wildman–Crippen MR) is 100 cm³/mol. The molecule has 27 heavy (non-hydrogen) atoms. The Hall–Kier alpha value is -3.07. The number of pyridine rings is 1. The van der Waals surface area contributed by atoms with Crippen molar-refractivity contribution in [2.24, 2.45) is 0 Å². The Labute approximate surface area is 159 Å². The zero-order chi connectivity index (χ0) is 19.6. The lowest BCUT2D eigenvalue weighted by molar-refractivity contribution is -0.135. The third-order valence-corrected chi connectivity index (χ3v) is 5.15. The lowest BCUT2D eigenvalue weighted by atomic mass is 10.1. The highest BCUT2D eigenvalue weighted by molar-refractivity contribution is 7.98. The molecule has 0 saturated heterocycles. The molecule has 0 aliphatic heterocycles. The zero-order valence-corrected chi connectivity index (χ0v) is 15.6. The molecule has 3 N–H and O–H groups in total. The van der Waals surface area contributed by atoms with Crippen molar-refractivity contribution in [3.63, 3.8) is 0 Å². The second kappa shape index (κ2) is 7.67. The van der Waals surface area contributed by atoms with Crippen LogP contribution in [0.3, 0.4) is 0 Å². The van der Waals surface area contributed by atoms with Crippen molar-refractivity contribution in [3.8, 4) is 5.75 Å². The first-order valence-electron chi connectivity index (χ1n) is 8.12. The number of hydrogen-bond acceptors (Lipinski definition) is 6. The highest BCUT2D eigenvalue weighted by Crippen LogP contribution is 2.31. The number of carbonyl (C=O) groups is 2. The van der Waals surface area contributed by atoms with Gasteiger partial charge < -0.3 is 15.5 Å². The number of aromatic hydroxyl groups is 1. The number of carbonyl (C=O) groups excluding carboxylic acids is 1. The van der Waals surface area contributed by atoms with E-state index >= 15 is 0 Å². The number of amides is 1. The number of aryl methyl sites for hydroxylation is 2. The van der Waals surface area contributed by atoms with E-state index in [9.17, 15) is 14.7 Å². The van der Waals surface area contributed by atoms with E-state index in [2.05, 4.69) is 15.4 Å². The molecular formula is C18H18N4O4S.